The highest BCUT2D eigenvalue weighted by Gasteiger charge is 2.33. The summed E-state index contributed by atoms with van der Waals surface area (Å²) in [6.07, 6.45) is 8.02. The Bertz CT molecular complexity index is 372. The molecule has 0 aromatic carbocycles. The number of rotatable bonds is 13. The minimum atomic E-state index is -1.18. The lowest BCUT2D eigenvalue weighted by molar-refractivity contribution is -0.948. The molecule has 0 rings (SSSR count). The average molecular weight is 329 g/mol. The van der Waals surface area contributed by atoms with Crippen LogP contribution in [0.25, 0.3) is 0 Å². The SMILES string of the molecule is CCCC/C=C/CC[N+](CO)(CC(C)C(=O)[O-])CC(C)C(=O)O. The summed E-state index contributed by atoms with van der Waals surface area (Å²) >= 11 is 0. The predicted molar refractivity (Wildman–Crippen MR) is 86.2 cm³/mol. The van der Waals surface area contributed by atoms with Gasteiger partial charge in [0.25, 0.3) is 0 Å². The molecule has 0 amide bonds. The first-order valence-corrected chi connectivity index (χ1v) is 8.32. The molecule has 0 aromatic heterocycles. The van der Waals surface area contributed by atoms with E-state index in [0.29, 0.717) is 13.0 Å². The standard InChI is InChI=1S/C17H31NO5/c1-4-5-6-7-8-9-10-18(13-19,11-14(2)16(20)21)12-15(3)17(22)23/h7-8,14-15,19H,4-6,9-13H2,1-3H3,(H-,20,21,22,23)/b8-7+. The van der Waals surface area contributed by atoms with Crippen molar-refractivity contribution in [2.24, 2.45) is 11.8 Å². The maximum atomic E-state index is 11.1. The molecule has 0 aliphatic carbocycles. The molecular weight excluding hydrogens is 298 g/mol. The third-order valence-corrected chi connectivity index (χ3v) is 4.11. The van der Waals surface area contributed by atoms with Crippen LogP contribution in [0.2, 0.25) is 0 Å². The number of quaternary nitrogens is 1. The van der Waals surface area contributed by atoms with E-state index in [1.54, 1.807) is 6.92 Å². The monoisotopic (exact) mass is 329 g/mol. The number of carboxylic acid groups (broad SMARTS) is 2. The number of aliphatic hydroxyl groups is 1. The van der Waals surface area contributed by atoms with Gasteiger partial charge in [-0.1, -0.05) is 38.8 Å². The zero-order valence-electron chi connectivity index (χ0n) is 14.5. The van der Waals surface area contributed by atoms with Crippen LogP contribution >= 0.6 is 0 Å². The number of aliphatic carboxylic acids is 2. The summed E-state index contributed by atoms with van der Waals surface area (Å²) < 4.78 is 0.0563. The van der Waals surface area contributed by atoms with Crippen LogP contribution in [0.4, 0.5) is 0 Å². The van der Waals surface area contributed by atoms with Crippen LogP contribution in [-0.2, 0) is 9.59 Å². The summed E-state index contributed by atoms with van der Waals surface area (Å²) in [5, 5.41) is 30.0. The molecule has 0 aliphatic heterocycles. The van der Waals surface area contributed by atoms with E-state index in [2.05, 4.69) is 13.0 Å². The van der Waals surface area contributed by atoms with E-state index in [0.717, 1.165) is 19.3 Å². The highest BCUT2D eigenvalue weighted by atomic mass is 16.4. The van der Waals surface area contributed by atoms with E-state index in [9.17, 15) is 19.8 Å². The molecule has 0 aliphatic rings. The summed E-state index contributed by atoms with van der Waals surface area (Å²) in [4.78, 5) is 22.2. The number of carbonyl (C=O) groups excluding carboxylic acids is 1. The summed E-state index contributed by atoms with van der Waals surface area (Å²) in [6, 6.07) is 0. The number of hydrogen-bond donors (Lipinski definition) is 2. The molecule has 6 heteroatoms. The van der Waals surface area contributed by atoms with E-state index >= 15 is 0 Å². The number of allylic oxidation sites excluding steroid dienone is 1. The molecule has 2 N–H and O–H groups in total. The van der Waals surface area contributed by atoms with Crippen LogP contribution < -0.4 is 5.11 Å². The normalized spacial score (nSPS) is 16.9. The van der Waals surface area contributed by atoms with Gasteiger partial charge in [-0.05, 0) is 13.3 Å². The largest absolute Gasteiger partial charge is 0.550 e. The van der Waals surface area contributed by atoms with Gasteiger partial charge >= 0.3 is 5.97 Å². The minimum Gasteiger partial charge on any atom is -0.550 e. The van der Waals surface area contributed by atoms with E-state index in [-0.39, 0.29) is 24.3 Å². The van der Waals surface area contributed by atoms with Gasteiger partial charge in [-0.3, -0.25) is 9.28 Å². The molecule has 23 heavy (non-hydrogen) atoms. The molecule has 0 saturated heterocycles. The summed E-state index contributed by atoms with van der Waals surface area (Å²) in [5.74, 6) is -3.52. The lowest BCUT2D eigenvalue weighted by Crippen LogP contribution is -2.56. The van der Waals surface area contributed by atoms with Crippen molar-refractivity contribution in [3.05, 3.63) is 12.2 Å². The summed E-state index contributed by atoms with van der Waals surface area (Å²) in [6.45, 7) is 5.82. The van der Waals surface area contributed by atoms with Crippen LogP contribution in [0.1, 0.15) is 46.5 Å². The molecule has 3 atom stereocenters. The molecule has 0 heterocycles. The predicted octanol–water partition coefficient (Wildman–Crippen LogP) is 0.996. The van der Waals surface area contributed by atoms with Crippen LogP contribution in [0.15, 0.2) is 12.2 Å². The fraction of sp³-hybridized carbons (Fsp3) is 0.765. The highest BCUT2D eigenvalue weighted by Crippen LogP contribution is 2.17. The van der Waals surface area contributed by atoms with Gasteiger partial charge in [0.2, 0.25) is 0 Å². The molecule has 0 bridgehead atoms. The second-order valence-electron chi connectivity index (χ2n) is 6.43. The quantitative estimate of drug-likeness (QED) is 0.227. The van der Waals surface area contributed by atoms with Crippen LogP contribution in [0.5, 0.6) is 0 Å². The average Bonchev–Trinajstić information content (AvgIpc) is 2.50. The number of unbranched alkanes of at least 4 members (excludes halogenated alkanes) is 2. The maximum absolute atomic E-state index is 11.1. The van der Waals surface area contributed by atoms with Gasteiger partial charge in [-0.15, -0.1) is 0 Å². The number of nitrogens with zero attached hydrogens (tertiary/aromatic N) is 1. The van der Waals surface area contributed by atoms with Gasteiger partial charge in [0.1, 0.15) is 5.92 Å². The van der Waals surface area contributed by atoms with Gasteiger partial charge in [0.05, 0.1) is 19.6 Å². The minimum absolute atomic E-state index is 0.0563. The van der Waals surface area contributed by atoms with Crippen molar-refractivity contribution < 1.29 is 29.4 Å². The number of aliphatic hydroxyl groups excluding tert-OH is 1. The molecule has 0 fully saturated rings. The Labute approximate surface area is 139 Å². The van der Waals surface area contributed by atoms with Gasteiger partial charge in [-0.25, -0.2) is 0 Å². The van der Waals surface area contributed by atoms with Crippen molar-refractivity contribution in [3.8, 4) is 0 Å². The number of carbonyl (C=O) groups is 2. The van der Waals surface area contributed by atoms with Crippen LogP contribution in [-0.4, -0.2) is 53.0 Å². The van der Waals surface area contributed by atoms with E-state index in [1.807, 2.05) is 6.08 Å². The number of hydrogen-bond acceptors (Lipinski definition) is 4. The van der Waals surface area contributed by atoms with Crippen molar-refractivity contribution in [2.45, 2.75) is 46.5 Å². The Morgan fingerprint density at radius 1 is 1.13 bits per heavy atom. The second kappa shape index (κ2) is 11.2. The third-order valence-electron chi connectivity index (χ3n) is 4.11. The van der Waals surface area contributed by atoms with Crippen LogP contribution in [0.3, 0.4) is 0 Å². The zero-order valence-corrected chi connectivity index (χ0v) is 14.5. The first kappa shape index (κ1) is 21.6. The lowest BCUT2D eigenvalue weighted by atomic mass is 10.1. The second-order valence-corrected chi connectivity index (χ2v) is 6.43. The Morgan fingerprint density at radius 2 is 1.70 bits per heavy atom. The fourth-order valence-corrected chi connectivity index (χ4v) is 2.66. The van der Waals surface area contributed by atoms with Crippen molar-refractivity contribution in [2.75, 3.05) is 26.4 Å². The smallest absolute Gasteiger partial charge is 0.311 e. The Morgan fingerprint density at radius 3 is 2.17 bits per heavy atom. The van der Waals surface area contributed by atoms with Crippen LogP contribution in [0, 0.1) is 11.8 Å². The van der Waals surface area contributed by atoms with E-state index < -0.39 is 23.8 Å². The molecule has 0 spiro atoms. The Kier molecular flexibility index (Phi) is 10.5. The third kappa shape index (κ3) is 8.71. The topological polar surface area (TPSA) is 97.7 Å². The van der Waals surface area contributed by atoms with Gasteiger partial charge in [0, 0.05) is 18.3 Å². The van der Waals surface area contributed by atoms with Crippen molar-refractivity contribution in [1.82, 2.24) is 0 Å². The Balaban J connectivity index is 4.90. The van der Waals surface area contributed by atoms with Gasteiger partial charge in [-0.2, -0.15) is 0 Å². The zero-order chi connectivity index (χ0) is 17.9. The molecular formula is C17H31NO5. The van der Waals surface area contributed by atoms with Crippen molar-refractivity contribution in [1.29, 1.82) is 0 Å². The molecule has 0 radical (unpaired) electrons. The van der Waals surface area contributed by atoms with Crippen molar-refractivity contribution in [3.63, 3.8) is 0 Å². The first-order chi connectivity index (χ1) is 10.8. The highest BCUT2D eigenvalue weighted by molar-refractivity contribution is 5.69. The van der Waals surface area contributed by atoms with Gasteiger partial charge in [0.15, 0.2) is 6.73 Å². The molecule has 6 nitrogen and oxygen atoms in total. The molecule has 134 valence electrons. The summed E-state index contributed by atoms with van der Waals surface area (Å²) in [7, 11) is 0. The molecule has 3 unspecified atom stereocenters. The van der Waals surface area contributed by atoms with Crippen molar-refractivity contribution >= 4 is 11.9 Å². The molecule has 0 aromatic rings. The first-order valence-electron chi connectivity index (χ1n) is 8.32. The Hall–Kier alpha value is -1.40. The number of carboxylic acids is 2. The maximum Gasteiger partial charge on any atom is 0.311 e. The molecule has 0 saturated carbocycles. The van der Waals surface area contributed by atoms with Gasteiger partial charge < -0.3 is 20.1 Å². The lowest BCUT2D eigenvalue weighted by Gasteiger charge is -2.39. The van der Waals surface area contributed by atoms with E-state index in [4.69, 9.17) is 5.11 Å². The summed E-state index contributed by atoms with van der Waals surface area (Å²) in [5.41, 5.74) is 0. The van der Waals surface area contributed by atoms with E-state index in [1.165, 1.54) is 6.92 Å². The fourth-order valence-electron chi connectivity index (χ4n) is 2.66.